The number of rotatable bonds is 7. The van der Waals surface area contributed by atoms with Gasteiger partial charge in [-0.15, -0.1) is 0 Å². The maximum Gasteiger partial charge on any atom is 0.242 e. The molecule has 3 N–H and O–H groups in total. The lowest BCUT2D eigenvalue weighted by Crippen LogP contribution is -2.33. The van der Waals surface area contributed by atoms with Crippen molar-refractivity contribution in [1.29, 1.82) is 0 Å². The van der Waals surface area contributed by atoms with Crippen LogP contribution in [0.15, 0.2) is 23.1 Å². The molecule has 21 heavy (non-hydrogen) atoms. The first-order valence-electron chi connectivity index (χ1n) is 6.05. The molecular weight excluding hydrogens is 352 g/mol. The van der Waals surface area contributed by atoms with Crippen molar-refractivity contribution in [3.05, 3.63) is 28.8 Å². The van der Waals surface area contributed by atoms with E-state index in [1.54, 1.807) is 19.2 Å². The molecule has 0 saturated heterocycles. The van der Waals surface area contributed by atoms with E-state index in [2.05, 4.69) is 4.72 Å². The molecule has 0 aromatic heterocycles. The second kappa shape index (κ2) is 7.64. The molecule has 0 amide bonds. The predicted molar refractivity (Wildman–Crippen MR) is 90.7 cm³/mol. The second-order valence-corrected chi connectivity index (χ2v) is 8.68. The molecule has 0 aliphatic heterocycles. The average molecular weight is 369 g/mol. The molecule has 5 nitrogen and oxygen atoms in total. The molecule has 2 atom stereocenters. The zero-order valence-electron chi connectivity index (χ0n) is 11.6. The normalized spacial score (nSPS) is 14.6. The Labute approximate surface area is 137 Å². The summed E-state index contributed by atoms with van der Waals surface area (Å²) in [6.45, 7) is 1.70. The van der Waals surface area contributed by atoms with E-state index in [1.807, 2.05) is 0 Å². The predicted octanol–water partition coefficient (Wildman–Crippen LogP) is 1.41. The van der Waals surface area contributed by atoms with Gasteiger partial charge in [-0.2, -0.15) is 0 Å². The lowest BCUT2D eigenvalue weighted by atomic mass is 10.2. The Morgan fingerprint density at radius 3 is 2.67 bits per heavy atom. The number of halogens is 1. The topological polar surface area (TPSA) is 89.3 Å². The van der Waals surface area contributed by atoms with Gasteiger partial charge in [0.2, 0.25) is 10.0 Å². The number of nitrogens with two attached hydrogens (primary N) is 1. The van der Waals surface area contributed by atoms with Gasteiger partial charge in [-0.25, -0.2) is 13.1 Å². The summed E-state index contributed by atoms with van der Waals surface area (Å²) in [5, 5.41) is 0.0915. The van der Waals surface area contributed by atoms with Crippen LogP contribution >= 0.6 is 23.8 Å². The first-order valence-corrected chi connectivity index (χ1v) is 10.0. The summed E-state index contributed by atoms with van der Waals surface area (Å²) in [6, 6.07) is 3.99. The van der Waals surface area contributed by atoms with E-state index in [0.29, 0.717) is 17.7 Å². The maximum atomic E-state index is 12.3. The third-order valence-electron chi connectivity index (χ3n) is 2.70. The van der Waals surface area contributed by atoms with Crippen molar-refractivity contribution in [3.63, 3.8) is 0 Å². The molecule has 9 heteroatoms. The van der Waals surface area contributed by atoms with Crippen LogP contribution in [0.3, 0.4) is 0 Å². The van der Waals surface area contributed by atoms with Crippen LogP contribution in [0.25, 0.3) is 0 Å². The third kappa shape index (κ3) is 5.63. The molecule has 118 valence electrons. The summed E-state index contributed by atoms with van der Waals surface area (Å²) in [5.74, 6) is 0.421. The van der Waals surface area contributed by atoms with E-state index < -0.39 is 20.8 Å². The van der Waals surface area contributed by atoms with Gasteiger partial charge in [-0.3, -0.25) is 4.21 Å². The number of hydrogen-bond acceptors (Lipinski definition) is 4. The van der Waals surface area contributed by atoms with Crippen molar-refractivity contribution in [1.82, 2.24) is 4.72 Å². The Morgan fingerprint density at radius 1 is 1.52 bits per heavy atom. The molecule has 0 saturated carbocycles. The van der Waals surface area contributed by atoms with Gasteiger partial charge in [0.15, 0.2) is 0 Å². The summed E-state index contributed by atoms with van der Waals surface area (Å²) >= 11 is 10.8. The first kappa shape index (κ1) is 18.5. The van der Waals surface area contributed by atoms with E-state index in [9.17, 15) is 12.6 Å². The van der Waals surface area contributed by atoms with Crippen molar-refractivity contribution in [3.8, 4) is 0 Å². The molecular formula is C12H17ClN2O3S3. The van der Waals surface area contributed by atoms with Crippen LogP contribution in [-0.2, 0) is 20.8 Å². The van der Waals surface area contributed by atoms with E-state index in [4.69, 9.17) is 29.6 Å². The van der Waals surface area contributed by atoms with Crippen LogP contribution in [-0.4, -0.2) is 35.7 Å². The number of nitrogens with one attached hydrogen (secondary N) is 1. The highest BCUT2D eigenvalue weighted by molar-refractivity contribution is 7.89. The number of benzene rings is 1. The van der Waals surface area contributed by atoms with E-state index >= 15 is 0 Å². The van der Waals surface area contributed by atoms with Gasteiger partial charge in [0.25, 0.3) is 0 Å². The monoisotopic (exact) mass is 368 g/mol. The molecule has 0 bridgehead atoms. The highest BCUT2D eigenvalue weighted by Gasteiger charge is 2.21. The summed E-state index contributed by atoms with van der Waals surface area (Å²) in [4.78, 5) is 0.0245. The lowest BCUT2D eigenvalue weighted by Gasteiger charge is -2.15. The highest BCUT2D eigenvalue weighted by Crippen LogP contribution is 2.23. The second-order valence-electron chi connectivity index (χ2n) is 4.60. The Balaban J connectivity index is 2.99. The van der Waals surface area contributed by atoms with Crippen molar-refractivity contribution >= 4 is 49.6 Å². The Kier molecular flexibility index (Phi) is 6.73. The van der Waals surface area contributed by atoms with Gasteiger partial charge in [-0.1, -0.05) is 29.9 Å². The average Bonchev–Trinajstić information content (AvgIpc) is 2.35. The summed E-state index contributed by atoms with van der Waals surface area (Å²) in [5.41, 5.74) is 5.93. The third-order valence-corrected chi connectivity index (χ3v) is 5.82. The molecule has 1 aromatic carbocycles. The van der Waals surface area contributed by atoms with Gasteiger partial charge in [0.05, 0.1) is 5.02 Å². The Bertz CT molecular complexity index is 662. The number of hydrogen-bond donors (Lipinski definition) is 2. The van der Waals surface area contributed by atoms with Crippen LogP contribution in [0.4, 0.5) is 0 Å². The van der Waals surface area contributed by atoms with Gasteiger partial charge >= 0.3 is 0 Å². The zero-order chi connectivity index (χ0) is 16.2. The van der Waals surface area contributed by atoms with Crippen LogP contribution < -0.4 is 10.5 Å². The fourth-order valence-electron chi connectivity index (χ4n) is 1.59. The lowest BCUT2D eigenvalue weighted by molar-refractivity contribution is 0.556. The largest absolute Gasteiger partial charge is 0.389 e. The summed E-state index contributed by atoms with van der Waals surface area (Å²) in [6.07, 6.45) is 2.04. The summed E-state index contributed by atoms with van der Waals surface area (Å²) in [7, 11) is -4.76. The summed E-state index contributed by atoms with van der Waals surface area (Å²) < 4.78 is 38.2. The van der Waals surface area contributed by atoms with Crippen molar-refractivity contribution in [2.75, 3.05) is 12.0 Å². The van der Waals surface area contributed by atoms with E-state index in [0.717, 1.165) is 0 Å². The maximum absolute atomic E-state index is 12.3. The standard InChI is InChI=1S/C12H17ClN2O3S3/c1-8(5-6-20(2)16)15-21(17,18)11-7-9(12(14)19)3-4-10(11)13/h3-4,7-8,15H,5-6H2,1-2H3,(H2,14,19). The zero-order valence-corrected chi connectivity index (χ0v) is 14.8. The number of thiocarbonyl (C=S) groups is 1. The van der Waals surface area contributed by atoms with Gasteiger partial charge in [-0.05, 0) is 25.5 Å². The molecule has 0 spiro atoms. The number of sulfonamides is 1. The van der Waals surface area contributed by atoms with Crippen LogP contribution in [0, 0.1) is 0 Å². The van der Waals surface area contributed by atoms with Crippen LogP contribution in [0.5, 0.6) is 0 Å². The smallest absolute Gasteiger partial charge is 0.242 e. The SMILES string of the molecule is CC(CCS(C)=O)NS(=O)(=O)c1cc(C(N)=S)ccc1Cl. The van der Waals surface area contributed by atoms with Crippen LogP contribution in [0.1, 0.15) is 18.9 Å². The van der Waals surface area contributed by atoms with Gasteiger partial charge in [0, 0.05) is 34.4 Å². The molecule has 0 heterocycles. The first-order chi connectivity index (χ1) is 9.63. The Hall–Kier alpha value is -0.540. The van der Waals surface area contributed by atoms with Crippen molar-refractivity contribution < 1.29 is 12.6 Å². The fraction of sp³-hybridized carbons (Fsp3) is 0.417. The minimum Gasteiger partial charge on any atom is -0.389 e. The molecule has 0 radical (unpaired) electrons. The van der Waals surface area contributed by atoms with Crippen molar-refractivity contribution in [2.24, 2.45) is 5.73 Å². The van der Waals surface area contributed by atoms with Gasteiger partial charge in [0.1, 0.15) is 9.88 Å². The van der Waals surface area contributed by atoms with Crippen LogP contribution in [0.2, 0.25) is 5.02 Å². The highest BCUT2D eigenvalue weighted by atomic mass is 35.5. The minimum atomic E-state index is -3.79. The molecule has 2 unspecified atom stereocenters. The fourth-order valence-corrected chi connectivity index (χ4v) is 4.21. The quantitative estimate of drug-likeness (QED) is 0.710. The van der Waals surface area contributed by atoms with Crippen molar-refractivity contribution in [2.45, 2.75) is 24.3 Å². The molecule has 0 aliphatic carbocycles. The minimum absolute atomic E-state index is 0.0704. The molecule has 0 aliphatic rings. The molecule has 0 fully saturated rings. The van der Waals surface area contributed by atoms with E-state index in [1.165, 1.54) is 12.1 Å². The van der Waals surface area contributed by atoms with E-state index in [-0.39, 0.29) is 20.9 Å². The molecule has 1 aromatic rings. The Morgan fingerprint density at radius 2 is 2.14 bits per heavy atom. The molecule has 1 rings (SSSR count). The van der Waals surface area contributed by atoms with Gasteiger partial charge < -0.3 is 5.73 Å².